The summed E-state index contributed by atoms with van der Waals surface area (Å²) in [5.74, 6) is 0. The van der Waals surface area contributed by atoms with Gasteiger partial charge in [-0.15, -0.1) is 0 Å². The predicted molar refractivity (Wildman–Crippen MR) is 56.1 cm³/mol. The molecule has 0 unspecified atom stereocenters. The van der Waals surface area contributed by atoms with Crippen molar-refractivity contribution >= 4 is 66.0 Å². The molecule has 0 bridgehead atoms. The molecule has 0 saturated heterocycles. The van der Waals surface area contributed by atoms with E-state index in [0.29, 0.717) is 0 Å². The first kappa shape index (κ1) is 7.23. The van der Waals surface area contributed by atoms with Crippen LogP contribution in [0.1, 0.15) is 0 Å². The summed E-state index contributed by atoms with van der Waals surface area (Å²) in [6.45, 7) is 0. The first-order chi connectivity index (χ1) is 5.79. The molecule has 0 atom stereocenters. The van der Waals surface area contributed by atoms with E-state index in [9.17, 15) is 0 Å². The maximum atomic E-state index is 4.19. The molecule has 2 aromatic rings. The van der Waals surface area contributed by atoms with Gasteiger partial charge in [-0.3, -0.25) is 0 Å². The SMILES string of the molecule is Brc1c2c(c(Br)c3nsnc13)N2. The van der Waals surface area contributed by atoms with Gasteiger partial charge < -0.3 is 5.32 Å². The van der Waals surface area contributed by atoms with Gasteiger partial charge in [-0.2, -0.15) is 8.75 Å². The van der Waals surface area contributed by atoms with Crippen molar-refractivity contribution < 1.29 is 0 Å². The van der Waals surface area contributed by atoms with Crippen LogP contribution in [-0.4, -0.2) is 8.75 Å². The Morgan fingerprint density at radius 1 is 1.00 bits per heavy atom. The number of nitrogens with zero attached hydrogens (tertiary/aromatic N) is 2. The second-order valence-corrected chi connectivity index (χ2v) is 4.58. The van der Waals surface area contributed by atoms with Gasteiger partial charge in [0.1, 0.15) is 11.0 Å². The molecule has 0 fully saturated rings. The lowest BCUT2D eigenvalue weighted by Gasteiger charge is -1.88. The number of hydrogen-bond acceptors (Lipinski definition) is 4. The van der Waals surface area contributed by atoms with E-state index >= 15 is 0 Å². The van der Waals surface area contributed by atoms with Crippen LogP contribution in [-0.2, 0) is 0 Å². The molecule has 6 heteroatoms. The highest BCUT2D eigenvalue weighted by molar-refractivity contribution is 9.11. The summed E-state index contributed by atoms with van der Waals surface area (Å²) in [7, 11) is 0. The lowest BCUT2D eigenvalue weighted by atomic mass is 10.3. The highest BCUT2D eigenvalue weighted by Crippen LogP contribution is 2.53. The van der Waals surface area contributed by atoms with Crippen molar-refractivity contribution in [3.05, 3.63) is 8.95 Å². The molecule has 0 aliphatic carbocycles. The van der Waals surface area contributed by atoms with Gasteiger partial charge in [0.2, 0.25) is 0 Å². The lowest BCUT2D eigenvalue weighted by Crippen LogP contribution is -1.68. The van der Waals surface area contributed by atoms with Crippen molar-refractivity contribution in [1.29, 1.82) is 0 Å². The molecule has 1 aliphatic rings. The molecular weight excluding hydrogens is 306 g/mol. The van der Waals surface area contributed by atoms with Crippen LogP contribution < -0.4 is 5.32 Å². The molecule has 60 valence electrons. The Labute approximate surface area is 88.8 Å². The Morgan fingerprint density at radius 3 is 2.00 bits per heavy atom. The average molecular weight is 307 g/mol. The van der Waals surface area contributed by atoms with Gasteiger partial charge >= 0.3 is 0 Å². The fourth-order valence-corrected chi connectivity index (χ4v) is 3.08. The smallest absolute Gasteiger partial charge is 0.122 e. The van der Waals surface area contributed by atoms with Crippen LogP contribution in [0.15, 0.2) is 8.95 Å². The van der Waals surface area contributed by atoms with Crippen LogP contribution in [0.4, 0.5) is 11.4 Å². The van der Waals surface area contributed by atoms with Crippen LogP contribution >= 0.6 is 43.6 Å². The molecule has 12 heavy (non-hydrogen) atoms. The maximum Gasteiger partial charge on any atom is 0.122 e. The van der Waals surface area contributed by atoms with E-state index in [1.165, 1.54) is 11.7 Å². The molecule has 1 aliphatic heterocycles. The topological polar surface area (TPSA) is 47.7 Å². The van der Waals surface area contributed by atoms with Crippen molar-refractivity contribution in [3.63, 3.8) is 0 Å². The molecule has 2 heterocycles. The van der Waals surface area contributed by atoms with Gasteiger partial charge in [-0.25, -0.2) is 0 Å². The molecular formula is C6HBr2N3S. The van der Waals surface area contributed by atoms with E-state index in [1.807, 2.05) is 0 Å². The number of nitrogens with one attached hydrogen (secondary N) is 1. The summed E-state index contributed by atoms with van der Waals surface area (Å²) >= 11 is 8.16. The van der Waals surface area contributed by atoms with E-state index < -0.39 is 0 Å². The van der Waals surface area contributed by atoms with Crippen molar-refractivity contribution in [1.82, 2.24) is 8.75 Å². The number of fused-ring (bicyclic) bond motifs is 2. The standard InChI is InChI=1S/C6HBr2N3S/c7-1-3-4(9-3)2(8)6-5(1)10-12-11-6/h9H. The fourth-order valence-electron chi connectivity index (χ4n) is 1.14. The second kappa shape index (κ2) is 2.18. The summed E-state index contributed by atoms with van der Waals surface area (Å²) < 4.78 is 10.4. The molecule has 0 saturated carbocycles. The summed E-state index contributed by atoms with van der Waals surface area (Å²) in [5, 5.41) is 3.15. The van der Waals surface area contributed by atoms with Crippen LogP contribution in [0.2, 0.25) is 0 Å². The number of rotatable bonds is 0. The molecule has 0 radical (unpaired) electrons. The number of halogens is 2. The third kappa shape index (κ3) is 0.750. The Balaban J connectivity index is 2.61. The van der Waals surface area contributed by atoms with Gasteiger partial charge in [0, 0.05) is 0 Å². The largest absolute Gasteiger partial charge is 0.350 e. The van der Waals surface area contributed by atoms with Gasteiger partial charge in [0.15, 0.2) is 0 Å². The van der Waals surface area contributed by atoms with E-state index in [4.69, 9.17) is 0 Å². The highest BCUT2D eigenvalue weighted by Gasteiger charge is 2.28. The zero-order valence-corrected chi connectivity index (χ0v) is 9.55. The molecule has 3 rings (SSSR count). The number of anilines is 2. The number of aromatic nitrogens is 2. The summed E-state index contributed by atoms with van der Waals surface area (Å²) in [5.41, 5.74) is 4.11. The lowest BCUT2D eigenvalue weighted by molar-refractivity contribution is 1.65. The molecule has 3 nitrogen and oxygen atoms in total. The molecule has 1 N–H and O–H groups in total. The van der Waals surface area contributed by atoms with Crippen LogP contribution in [0.3, 0.4) is 0 Å². The minimum atomic E-state index is 0.927. The zero-order chi connectivity index (χ0) is 8.29. The maximum absolute atomic E-state index is 4.19. The summed E-state index contributed by atoms with van der Waals surface area (Å²) in [6.07, 6.45) is 0. The van der Waals surface area contributed by atoms with Crippen LogP contribution in [0.5, 0.6) is 0 Å². The monoisotopic (exact) mass is 305 g/mol. The predicted octanol–water partition coefficient (Wildman–Crippen LogP) is 3.27. The Bertz CT molecular complexity index is 451. The van der Waals surface area contributed by atoms with Crippen molar-refractivity contribution in [2.75, 3.05) is 5.32 Å². The number of hydrogen-bond donors (Lipinski definition) is 1. The quantitative estimate of drug-likeness (QED) is 0.648. The second-order valence-electron chi connectivity index (χ2n) is 2.46. The van der Waals surface area contributed by atoms with Gasteiger partial charge in [0.05, 0.1) is 32.0 Å². The van der Waals surface area contributed by atoms with Crippen LogP contribution in [0, 0.1) is 0 Å². The minimum absolute atomic E-state index is 0.927. The summed E-state index contributed by atoms with van der Waals surface area (Å²) in [4.78, 5) is 0. The van der Waals surface area contributed by atoms with Crippen LogP contribution in [0.25, 0.3) is 11.0 Å². The molecule has 0 spiro atoms. The van der Waals surface area contributed by atoms with Crippen molar-refractivity contribution in [2.45, 2.75) is 0 Å². The van der Waals surface area contributed by atoms with Crippen molar-refractivity contribution in [3.8, 4) is 0 Å². The Kier molecular flexibility index (Phi) is 1.31. The Hall–Kier alpha value is -0.200. The van der Waals surface area contributed by atoms with Gasteiger partial charge in [-0.05, 0) is 31.9 Å². The zero-order valence-electron chi connectivity index (χ0n) is 5.56. The third-order valence-corrected chi connectivity index (χ3v) is 3.85. The Morgan fingerprint density at radius 2 is 1.50 bits per heavy atom. The fraction of sp³-hybridized carbons (Fsp3) is 0. The average Bonchev–Trinajstić information content (AvgIpc) is 2.71. The highest BCUT2D eigenvalue weighted by atomic mass is 79.9. The van der Waals surface area contributed by atoms with E-state index in [2.05, 4.69) is 45.9 Å². The normalized spacial score (nSPS) is 12.8. The first-order valence-electron chi connectivity index (χ1n) is 3.19. The first-order valence-corrected chi connectivity index (χ1v) is 5.51. The summed E-state index contributed by atoms with van der Waals surface area (Å²) in [6, 6.07) is 0. The van der Waals surface area contributed by atoms with E-state index in [-0.39, 0.29) is 0 Å². The van der Waals surface area contributed by atoms with Gasteiger partial charge in [0.25, 0.3) is 0 Å². The van der Waals surface area contributed by atoms with E-state index in [0.717, 1.165) is 31.4 Å². The van der Waals surface area contributed by atoms with Gasteiger partial charge in [-0.1, -0.05) is 0 Å². The third-order valence-electron chi connectivity index (χ3n) is 1.78. The van der Waals surface area contributed by atoms with Crippen molar-refractivity contribution in [2.24, 2.45) is 0 Å². The number of benzene rings is 1. The van der Waals surface area contributed by atoms with E-state index in [1.54, 1.807) is 0 Å². The molecule has 0 amide bonds. The molecule has 1 aromatic carbocycles. The molecule has 1 aromatic heterocycles. The minimum Gasteiger partial charge on any atom is -0.350 e.